The van der Waals surface area contributed by atoms with Gasteiger partial charge in [-0.25, -0.2) is 4.39 Å². The molecule has 3 fully saturated rings. The summed E-state index contributed by atoms with van der Waals surface area (Å²) in [4.78, 5) is 59.5. The van der Waals surface area contributed by atoms with Crippen molar-refractivity contribution in [1.29, 1.82) is 0 Å². The normalized spacial score (nSPS) is 26.8. The number of aromatic nitrogens is 1. The molecular formula is C28H28ClFN4O6. The van der Waals surface area contributed by atoms with Gasteiger partial charge in [-0.15, -0.1) is 0 Å². The van der Waals surface area contributed by atoms with Crippen molar-refractivity contribution < 1.29 is 28.6 Å². The van der Waals surface area contributed by atoms with E-state index in [1.165, 1.54) is 32.6 Å². The van der Waals surface area contributed by atoms with Crippen LogP contribution in [-0.2, 0) is 28.2 Å². The maximum absolute atomic E-state index is 14.1. The highest BCUT2D eigenvalue weighted by molar-refractivity contribution is 6.30. The van der Waals surface area contributed by atoms with Crippen molar-refractivity contribution in [3.8, 4) is 5.75 Å². The Labute approximate surface area is 233 Å². The quantitative estimate of drug-likeness (QED) is 0.601. The lowest BCUT2D eigenvalue weighted by molar-refractivity contribution is -0.138. The van der Waals surface area contributed by atoms with E-state index in [0.717, 1.165) is 12.8 Å². The first-order valence-corrected chi connectivity index (χ1v) is 14.0. The van der Waals surface area contributed by atoms with Crippen LogP contribution in [0.25, 0.3) is 0 Å². The minimum atomic E-state index is -1.02. The Bertz CT molecular complexity index is 1540. The zero-order chi connectivity index (χ0) is 27.9. The van der Waals surface area contributed by atoms with Gasteiger partial charge in [0.25, 0.3) is 17.4 Å². The summed E-state index contributed by atoms with van der Waals surface area (Å²) >= 11 is 5.91. The van der Waals surface area contributed by atoms with Gasteiger partial charge < -0.3 is 24.5 Å². The molecule has 2 saturated carbocycles. The first-order chi connectivity index (χ1) is 19.2. The second-order valence-electron chi connectivity index (χ2n) is 11.3. The van der Waals surface area contributed by atoms with E-state index in [2.05, 4.69) is 0 Å². The fourth-order valence-corrected chi connectivity index (χ4v) is 7.51. The van der Waals surface area contributed by atoms with Crippen molar-refractivity contribution >= 4 is 29.3 Å². The number of benzene rings is 1. The Balaban J connectivity index is 1.28. The molecular weight excluding hydrogens is 543 g/mol. The molecule has 0 bridgehead atoms. The molecule has 2 aliphatic carbocycles. The van der Waals surface area contributed by atoms with Crippen LogP contribution in [0.3, 0.4) is 0 Å². The Morgan fingerprint density at radius 2 is 1.93 bits per heavy atom. The number of carbonyl (C=O) groups is 3. The molecule has 10 nitrogen and oxygen atoms in total. The minimum Gasteiger partial charge on any atom is -0.502 e. The maximum Gasteiger partial charge on any atom is 0.296 e. The number of halogens is 2. The van der Waals surface area contributed by atoms with E-state index in [1.54, 1.807) is 4.90 Å². The van der Waals surface area contributed by atoms with E-state index >= 15 is 0 Å². The second kappa shape index (κ2) is 9.04. The number of carbonyl (C=O) groups excluding carboxylic acids is 3. The van der Waals surface area contributed by atoms with Crippen molar-refractivity contribution in [2.45, 2.75) is 37.9 Å². The van der Waals surface area contributed by atoms with Crippen molar-refractivity contribution in [2.75, 3.05) is 39.4 Å². The molecule has 1 N–H and O–H groups in total. The lowest BCUT2D eigenvalue weighted by atomic mass is 9.95. The molecule has 2 aromatic rings. The molecule has 1 saturated heterocycles. The number of nitrogens with zero attached hydrogens (tertiary/aromatic N) is 4. The smallest absolute Gasteiger partial charge is 0.296 e. The molecule has 4 heterocycles. The van der Waals surface area contributed by atoms with Crippen LogP contribution in [-0.4, -0.2) is 81.5 Å². The van der Waals surface area contributed by atoms with Crippen LogP contribution in [0.5, 0.6) is 5.75 Å². The predicted octanol–water partition coefficient (Wildman–Crippen LogP) is 1.94. The summed E-state index contributed by atoms with van der Waals surface area (Å²) in [5, 5.41) is 11.1. The number of rotatable bonds is 4. The van der Waals surface area contributed by atoms with Gasteiger partial charge in [-0.2, -0.15) is 0 Å². The highest BCUT2D eigenvalue weighted by Crippen LogP contribution is 2.64. The highest BCUT2D eigenvalue weighted by Gasteiger charge is 2.67. The first kappa shape index (κ1) is 25.5. The van der Waals surface area contributed by atoms with E-state index < -0.39 is 34.6 Å². The number of aromatic hydroxyl groups is 1. The van der Waals surface area contributed by atoms with E-state index in [4.69, 9.17) is 16.3 Å². The summed E-state index contributed by atoms with van der Waals surface area (Å²) in [6.07, 6.45) is 2.41. The van der Waals surface area contributed by atoms with Gasteiger partial charge in [0.05, 0.1) is 23.8 Å². The van der Waals surface area contributed by atoms with Gasteiger partial charge in [0.2, 0.25) is 5.91 Å². The van der Waals surface area contributed by atoms with Crippen molar-refractivity contribution in [1.82, 2.24) is 19.3 Å². The third-order valence-electron chi connectivity index (χ3n) is 9.30. The van der Waals surface area contributed by atoms with Crippen molar-refractivity contribution in [3.05, 3.63) is 61.8 Å². The molecule has 1 aromatic carbocycles. The van der Waals surface area contributed by atoms with Gasteiger partial charge in [0, 0.05) is 37.7 Å². The molecule has 12 heteroatoms. The highest BCUT2D eigenvalue weighted by atomic mass is 35.5. The molecule has 1 aromatic heterocycles. The first-order valence-electron chi connectivity index (χ1n) is 13.6. The number of amides is 3. The molecule has 0 radical (unpaired) electrons. The van der Waals surface area contributed by atoms with Crippen molar-refractivity contribution in [2.24, 2.45) is 11.8 Å². The van der Waals surface area contributed by atoms with E-state index in [9.17, 15) is 28.7 Å². The van der Waals surface area contributed by atoms with Crippen LogP contribution < -0.4 is 5.56 Å². The number of morpholine rings is 1. The molecule has 40 heavy (non-hydrogen) atoms. The molecule has 3 atom stereocenters. The lowest BCUT2D eigenvalue weighted by Crippen LogP contribution is -2.55. The zero-order valence-corrected chi connectivity index (χ0v) is 22.5. The molecule has 7 rings (SSSR count). The summed E-state index contributed by atoms with van der Waals surface area (Å²) in [5.41, 5.74) is -0.938. The Kier molecular flexibility index (Phi) is 5.77. The third kappa shape index (κ3) is 3.56. The summed E-state index contributed by atoms with van der Waals surface area (Å²) in [7, 11) is 0. The lowest BCUT2D eigenvalue weighted by Gasteiger charge is -2.39. The van der Waals surface area contributed by atoms with Crippen LogP contribution in [0.1, 0.15) is 51.2 Å². The second-order valence-corrected chi connectivity index (χ2v) is 11.7. The van der Waals surface area contributed by atoms with Crippen molar-refractivity contribution in [3.63, 3.8) is 0 Å². The number of pyridine rings is 1. The van der Waals surface area contributed by atoms with E-state index in [-0.39, 0.29) is 54.2 Å². The van der Waals surface area contributed by atoms with E-state index in [1.807, 2.05) is 0 Å². The molecule has 3 aliphatic heterocycles. The monoisotopic (exact) mass is 570 g/mol. The number of fused-ring (bicyclic) bond motifs is 6. The molecule has 1 spiro atoms. The van der Waals surface area contributed by atoms with Gasteiger partial charge in [0.1, 0.15) is 23.7 Å². The minimum absolute atomic E-state index is 0.0179. The Morgan fingerprint density at radius 3 is 2.60 bits per heavy atom. The Hall–Kier alpha value is -3.44. The van der Waals surface area contributed by atoms with Crippen LogP contribution >= 0.6 is 11.6 Å². The molecule has 5 aliphatic rings. The number of hydrogen-bond acceptors (Lipinski definition) is 6. The van der Waals surface area contributed by atoms with Gasteiger partial charge in [0.15, 0.2) is 5.75 Å². The number of ether oxygens (including phenoxy) is 1. The summed E-state index contributed by atoms with van der Waals surface area (Å²) in [5.74, 6) is -2.12. The Morgan fingerprint density at radius 1 is 1.15 bits per heavy atom. The van der Waals surface area contributed by atoms with E-state index in [0.29, 0.717) is 49.8 Å². The molecule has 210 valence electrons. The average Bonchev–Trinajstić information content (AvgIpc) is 3.60. The standard InChI is InChI=1S/C28H28ClFN4O6/c29-19-11-15(1-2-20(19)30)13-32-6-4-17-22(25(32)37)24(36)27(39)34-23(17)26(38)33(28(34)5-3-16-12-18(16)28)14-21(35)31-7-9-40-10-8-31/h1-2,11,16,18,36H,3-10,12-14H2. The average molecular weight is 571 g/mol. The SMILES string of the molecule is O=C(CN1C(=O)c2c3c(c(O)c(=O)n2C12CCC1CC12)C(=O)N(Cc1ccc(F)c(Cl)c1)CC3)N1CCOCC1. The predicted molar refractivity (Wildman–Crippen MR) is 139 cm³/mol. The van der Waals surface area contributed by atoms with Crippen LogP contribution in [0.2, 0.25) is 5.02 Å². The summed E-state index contributed by atoms with van der Waals surface area (Å²) in [6.45, 7) is 1.88. The summed E-state index contributed by atoms with van der Waals surface area (Å²) < 4.78 is 20.4. The van der Waals surface area contributed by atoms with Crippen LogP contribution in [0.4, 0.5) is 4.39 Å². The van der Waals surface area contributed by atoms with Gasteiger partial charge in [-0.1, -0.05) is 17.7 Å². The number of hydrogen-bond donors (Lipinski definition) is 1. The third-order valence-corrected chi connectivity index (χ3v) is 9.59. The topological polar surface area (TPSA) is 112 Å². The summed E-state index contributed by atoms with van der Waals surface area (Å²) in [6, 6.07) is 4.17. The van der Waals surface area contributed by atoms with Crippen LogP contribution in [0.15, 0.2) is 23.0 Å². The molecule has 3 amide bonds. The zero-order valence-electron chi connectivity index (χ0n) is 21.7. The molecule has 3 unspecified atom stereocenters. The van der Waals surface area contributed by atoms with Gasteiger partial charge in [-0.3, -0.25) is 23.7 Å². The van der Waals surface area contributed by atoms with Gasteiger partial charge in [-0.05, 0) is 49.3 Å². The van der Waals surface area contributed by atoms with Gasteiger partial charge >= 0.3 is 0 Å². The van der Waals surface area contributed by atoms with Crippen LogP contribution in [0, 0.1) is 17.7 Å². The fraction of sp³-hybridized carbons (Fsp3) is 0.500. The maximum atomic E-state index is 14.1. The fourth-order valence-electron chi connectivity index (χ4n) is 7.30. The largest absolute Gasteiger partial charge is 0.502 e.